The zero-order valence-electron chi connectivity index (χ0n) is 13.0. The summed E-state index contributed by atoms with van der Waals surface area (Å²) in [5.74, 6) is 0. The Balaban J connectivity index is 1.87. The van der Waals surface area contributed by atoms with Crippen molar-refractivity contribution in [3.8, 4) is 0 Å². The van der Waals surface area contributed by atoms with Crippen molar-refractivity contribution in [2.24, 2.45) is 0 Å². The summed E-state index contributed by atoms with van der Waals surface area (Å²) in [5, 5.41) is 4.85. The fourth-order valence-electron chi connectivity index (χ4n) is 4.21. The summed E-state index contributed by atoms with van der Waals surface area (Å²) in [6, 6.07) is 0.515. The maximum atomic E-state index is 4.64. The van der Waals surface area contributed by atoms with Crippen LogP contribution in [-0.4, -0.2) is 35.1 Å². The monoisotopic (exact) mass is 293 g/mol. The molecule has 1 atom stereocenters. The lowest BCUT2D eigenvalue weighted by Crippen LogP contribution is -2.62. The molecule has 0 bridgehead atoms. The van der Waals surface area contributed by atoms with Crippen LogP contribution in [0.4, 0.5) is 0 Å². The third kappa shape index (κ3) is 2.53. The van der Waals surface area contributed by atoms with E-state index in [-0.39, 0.29) is 0 Å². The van der Waals surface area contributed by atoms with E-state index >= 15 is 0 Å². The molecule has 0 amide bonds. The second kappa shape index (κ2) is 5.74. The SMILES string of the molecule is Cc1nc(C)c(C(C)N2CCNCC23CCCCC3)s1. The molecule has 1 aliphatic heterocycles. The van der Waals surface area contributed by atoms with Gasteiger partial charge in [0, 0.05) is 36.1 Å². The minimum atomic E-state index is 0.403. The highest BCUT2D eigenvalue weighted by molar-refractivity contribution is 7.11. The zero-order chi connectivity index (χ0) is 14.2. The predicted octanol–water partition coefficient (Wildman–Crippen LogP) is 3.43. The first-order chi connectivity index (χ1) is 9.62. The third-order valence-electron chi connectivity index (χ3n) is 5.16. The lowest BCUT2D eigenvalue weighted by molar-refractivity contribution is -0.00196. The van der Waals surface area contributed by atoms with E-state index < -0.39 is 0 Å². The van der Waals surface area contributed by atoms with Crippen LogP contribution in [0.1, 0.15) is 60.6 Å². The molecule has 112 valence electrons. The number of nitrogens with zero attached hydrogens (tertiary/aromatic N) is 2. The Labute approximate surface area is 126 Å². The standard InChI is InChI=1S/C16H27N3S/c1-12-15(20-14(3)18-12)13(2)19-10-9-17-11-16(19)7-5-4-6-8-16/h13,17H,4-11H2,1-3H3. The first-order valence-corrected chi connectivity index (χ1v) is 8.85. The fourth-order valence-corrected chi connectivity index (χ4v) is 5.21. The van der Waals surface area contributed by atoms with Gasteiger partial charge in [0.15, 0.2) is 0 Å². The molecule has 2 heterocycles. The van der Waals surface area contributed by atoms with Gasteiger partial charge >= 0.3 is 0 Å². The van der Waals surface area contributed by atoms with Gasteiger partial charge in [-0.1, -0.05) is 19.3 Å². The van der Waals surface area contributed by atoms with Crippen LogP contribution in [0.2, 0.25) is 0 Å². The highest BCUT2D eigenvalue weighted by Gasteiger charge is 2.42. The number of thiazole rings is 1. The van der Waals surface area contributed by atoms with Crippen LogP contribution in [0.25, 0.3) is 0 Å². The van der Waals surface area contributed by atoms with E-state index in [1.807, 2.05) is 11.3 Å². The average Bonchev–Trinajstić information content (AvgIpc) is 2.78. The molecule has 1 N–H and O–H groups in total. The molecule has 2 aliphatic rings. The molecule has 1 saturated carbocycles. The molecule has 1 aliphatic carbocycles. The normalized spacial score (nSPS) is 24.9. The van der Waals surface area contributed by atoms with Crippen molar-refractivity contribution in [3.63, 3.8) is 0 Å². The number of hydrogen-bond donors (Lipinski definition) is 1. The first kappa shape index (κ1) is 14.5. The highest BCUT2D eigenvalue weighted by atomic mass is 32.1. The average molecular weight is 293 g/mol. The minimum absolute atomic E-state index is 0.403. The Morgan fingerprint density at radius 3 is 2.65 bits per heavy atom. The van der Waals surface area contributed by atoms with Crippen molar-refractivity contribution >= 4 is 11.3 Å². The molecule has 1 aromatic heterocycles. The molecule has 1 saturated heterocycles. The Morgan fingerprint density at radius 2 is 2.00 bits per heavy atom. The second-order valence-electron chi connectivity index (χ2n) is 6.51. The molecule has 3 nitrogen and oxygen atoms in total. The smallest absolute Gasteiger partial charge is 0.0900 e. The molecular formula is C16H27N3S. The van der Waals surface area contributed by atoms with Crippen LogP contribution in [0.3, 0.4) is 0 Å². The van der Waals surface area contributed by atoms with E-state index in [0.717, 1.165) is 6.54 Å². The van der Waals surface area contributed by atoms with Gasteiger partial charge in [0.2, 0.25) is 0 Å². The van der Waals surface area contributed by atoms with Crippen LogP contribution in [0.5, 0.6) is 0 Å². The summed E-state index contributed by atoms with van der Waals surface area (Å²) in [7, 11) is 0. The maximum Gasteiger partial charge on any atom is 0.0900 e. The zero-order valence-corrected chi connectivity index (χ0v) is 13.9. The van der Waals surface area contributed by atoms with E-state index in [1.165, 1.54) is 60.8 Å². The molecule has 4 heteroatoms. The van der Waals surface area contributed by atoms with Gasteiger partial charge in [-0.2, -0.15) is 0 Å². The number of hydrogen-bond acceptors (Lipinski definition) is 4. The van der Waals surface area contributed by atoms with Crippen LogP contribution in [0.15, 0.2) is 0 Å². The molecule has 1 aromatic rings. The number of aromatic nitrogens is 1. The Hall–Kier alpha value is -0.450. The first-order valence-electron chi connectivity index (χ1n) is 8.04. The largest absolute Gasteiger partial charge is 0.314 e. The predicted molar refractivity (Wildman–Crippen MR) is 85.4 cm³/mol. The van der Waals surface area contributed by atoms with Crippen molar-refractivity contribution in [1.82, 2.24) is 15.2 Å². The summed E-state index contributed by atoms with van der Waals surface area (Å²) < 4.78 is 0. The van der Waals surface area contributed by atoms with Gasteiger partial charge < -0.3 is 5.32 Å². The van der Waals surface area contributed by atoms with Gasteiger partial charge in [0.05, 0.1) is 10.7 Å². The van der Waals surface area contributed by atoms with E-state index in [1.54, 1.807) is 0 Å². The van der Waals surface area contributed by atoms with Crippen molar-refractivity contribution in [3.05, 3.63) is 15.6 Å². The minimum Gasteiger partial charge on any atom is -0.314 e. The summed E-state index contributed by atoms with van der Waals surface area (Å²) in [6.07, 6.45) is 6.93. The van der Waals surface area contributed by atoms with Crippen molar-refractivity contribution < 1.29 is 0 Å². The molecule has 0 radical (unpaired) electrons. The van der Waals surface area contributed by atoms with Gasteiger partial charge in [-0.15, -0.1) is 11.3 Å². The van der Waals surface area contributed by atoms with Gasteiger partial charge in [-0.3, -0.25) is 4.90 Å². The maximum absolute atomic E-state index is 4.64. The summed E-state index contributed by atoms with van der Waals surface area (Å²) in [6.45, 7) is 10.2. The molecule has 0 aromatic carbocycles. The van der Waals surface area contributed by atoms with Gasteiger partial charge in [0.25, 0.3) is 0 Å². The number of aryl methyl sites for hydroxylation is 2. The summed E-state index contributed by atoms with van der Waals surface area (Å²) >= 11 is 1.89. The molecular weight excluding hydrogens is 266 g/mol. The number of piperazine rings is 1. The summed E-state index contributed by atoms with van der Waals surface area (Å²) in [4.78, 5) is 8.91. The van der Waals surface area contributed by atoms with E-state index in [9.17, 15) is 0 Å². The Morgan fingerprint density at radius 1 is 1.25 bits per heavy atom. The van der Waals surface area contributed by atoms with Crippen LogP contribution in [-0.2, 0) is 0 Å². The van der Waals surface area contributed by atoms with Crippen LogP contribution < -0.4 is 5.32 Å². The molecule has 1 unspecified atom stereocenters. The lowest BCUT2D eigenvalue weighted by Gasteiger charge is -2.52. The van der Waals surface area contributed by atoms with Crippen molar-refractivity contribution in [2.75, 3.05) is 19.6 Å². The highest BCUT2D eigenvalue weighted by Crippen LogP contribution is 2.41. The quantitative estimate of drug-likeness (QED) is 0.905. The van der Waals surface area contributed by atoms with E-state index in [4.69, 9.17) is 0 Å². The fraction of sp³-hybridized carbons (Fsp3) is 0.812. The Bertz CT molecular complexity index is 454. The van der Waals surface area contributed by atoms with Crippen molar-refractivity contribution in [1.29, 1.82) is 0 Å². The van der Waals surface area contributed by atoms with Crippen LogP contribution >= 0.6 is 11.3 Å². The second-order valence-corrected chi connectivity index (χ2v) is 7.75. The molecule has 1 spiro atoms. The number of nitrogens with one attached hydrogen (secondary N) is 1. The topological polar surface area (TPSA) is 28.2 Å². The molecule has 20 heavy (non-hydrogen) atoms. The van der Waals surface area contributed by atoms with Gasteiger partial charge in [-0.25, -0.2) is 4.98 Å². The third-order valence-corrected chi connectivity index (χ3v) is 6.41. The van der Waals surface area contributed by atoms with E-state index in [0.29, 0.717) is 11.6 Å². The molecule has 2 fully saturated rings. The van der Waals surface area contributed by atoms with Gasteiger partial charge in [-0.05, 0) is 33.6 Å². The van der Waals surface area contributed by atoms with Crippen LogP contribution in [0, 0.1) is 13.8 Å². The van der Waals surface area contributed by atoms with E-state index in [2.05, 4.69) is 36.0 Å². The Kier molecular flexibility index (Phi) is 4.16. The van der Waals surface area contributed by atoms with Crippen molar-refractivity contribution in [2.45, 2.75) is 64.5 Å². The summed E-state index contributed by atoms with van der Waals surface area (Å²) in [5.41, 5.74) is 1.64. The number of rotatable bonds is 2. The van der Waals surface area contributed by atoms with Gasteiger partial charge in [0.1, 0.15) is 0 Å². The lowest BCUT2D eigenvalue weighted by atomic mass is 9.78. The molecule has 3 rings (SSSR count).